The summed E-state index contributed by atoms with van der Waals surface area (Å²) in [5.41, 5.74) is -1.07. The van der Waals surface area contributed by atoms with Gasteiger partial charge in [-0.3, -0.25) is 0 Å². The zero-order valence-electron chi connectivity index (χ0n) is 12.3. The Hall–Kier alpha value is -1.26. The van der Waals surface area contributed by atoms with E-state index in [-0.39, 0.29) is 28.1 Å². The SMILES string of the molecule is [CH][N+](C)(CC(C)(O)c1cc(O)cc(O)c1)C(C)(C)C. The van der Waals surface area contributed by atoms with Crippen molar-refractivity contribution in [3.05, 3.63) is 30.8 Å². The van der Waals surface area contributed by atoms with E-state index in [0.29, 0.717) is 5.56 Å². The Kier molecular flexibility index (Phi) is 3.90. The maximum Gasteiger partial charge on any atom is 0.207 e. The molecule has 0 aliphatic heterocycles. The first-order valence-electron chi connectivity index (χ1n) is 6.25. The Balaban J connectivity index is 3.11. The maximum absolute atomic E-state index is 10.6. The van der Waals surface area contributed by atoms with Gasteiger partial charge in [0.15, 0.2) is 0 Å². The highest BCUT2D eigenvalue weighted by Gasteiger charge is 2.40. The third-order valence-electron chi connectivity index (χ3n) is 3.69. The molecule has 0 spiro atoms. The van der Waals surface area contributed by atoms with Gasteiger partial charge in [0.1, 0.15) is 23.6 Å². The molecule has 0 bridgehead atoms. The molecular weight excluding hydrogens is 242 g/mol. The van der Waals surface area contributed by atoms with Gasteiger partial charge in [0.25, 0.3) is 0 Å². The van der Waals surface area contributed by atoms with Crippen molar-refractivity contribution in [2.45, 2.75) is 38.8 Å². The Bertz CT molecular complexity index is 439. The number of benzene rings is 1. The number of rotatable bonds is 3. The van der Waals surface area contributed by atoms with Gasteiger partial charge in [-0.1, -0.05) is 0 Å². The molecule has 2 atom stereocenters. The Morgan fingerprint density at radius 1 is 1.05 bits per heavy atom. The van der Waals surface area contributed by atoms with Crippen LogP contribution in [0.15, 0.2) is 18.2 Å². The number of quaternary nitrogens is 1. The fourth-order valence-corrected chi connectivity index (χ4v) is 1.87. The maximum atomic E-state index is 10.6. The van der Waals surface area contributed by atoms with Crippen molar-refractivity contribution in [3.8, 4) is 11.5 Å². The molecule has 106 valence electrons. The lowest BCUT2D eigenvalue weighted by molar-refractivity contribution is -0.919. The first-order valence-corrected chi connectivity index (χ1v) is 6.25. The molecule has 0 heterocycles. The lowest BCUT2D eigenvalue weighted by Crippen LogP contribution is -2.57. The molecule has 4 heteroatoms. The van der Waals surface area contributed by atoms with Crippen molar-refractivity contribution >= 4 is 0 Å². The summed E-state index contributed by atoms with van der Waals surface area (Å²) in [5.74, 6) is -0.172. The van der Waals surface area contributed by atoms with Crippen molar-refractivity contribution < 1.29 is 19.8 Å². The molecule has 0 saturated heterocycles. The lowest BCUT2D eigenvalue weighted by atomic mass is 9.91. The summed E-state index contributed by atoms with van der Waals surface area (Å²) in [6.07, 6.45) is 0. The molecule has 0 aliphatic carbocycles. The number of hydrogen-bond donors (Lipinski definition) is 3. The van der Waals surface area contributed by atoms with Crippen LogP contribution in [-0.2, 0) is 5.60 Å². The van der Waals surface area contributed by atoms with Gasteiger partial charge in [-0.2, -0.15) is 0 Å². The van der Waals surface area contributed by atoms with E-state index in [9.17, 15) is 15.3 Å². The minimum Gasteiger partial charge on any atom is -0.508 e. The molecule has 1 aromatic rings. The van der Waals surface area contributed by atoms with E-state index in [1.165, 1.54) is 18.2 Å². The van der Waals surface area contributed by atoms with Gasteiger partial charge in [-0.15, -0.1) is 0 Å². The molecule has 2 unspecified atom stereocenters. The first kappa shape index (κ1) is 15.8. The van der Waals surface area contributed by atoms with Gasteiger partial charge < -0.3 is 19.8 Å². The number of aliphatic hydroxyl groups is 1. The van der Waals surface area contributed by atoms with Crippen molar-refractivity contribution in [2.75, 3.05) is 13.6 Å². The van der Waals surface area contributed by atoms with Gasteiger partial charge in [0.2, 0.25) is 7.05 Å². The molecular formula is C15H24NO3+. The van der Waals surface area contributed by atoms with Crippen molar-refractivity contribution in [1.82, 2.24) is 0 Å². The highest BCUT2D eigenvalue weighted by Crippen LogP contribution is 2.33. The second-order valence-corrected chi connectivity index (χ2v) is 6.61. The summed E-state index contributed by atoms with van der Waals surface area (Å²) in [6, 6.07) is 4.09. The average molecular weight is 266 g/mol. The molecule has 3 N–H and O–H groups in total. The molecule has 19 heavy (non-hydrogen) atoms. The van der Waals surface area contributed by atoms with Crippen molar-refractivity contribution in [3.63, 3.8) is 0 Å². The van der Waals surface area contributed by atoms with Crippen LogP contribution in [0.4, 0.5) is 0 Å². The van der Waals surface area contributed by atoms with Crippen LogP contribution in [0.1, 0.15) is 33.3 Å². The van der Waals surface area contributed by atoms with Crippen molar-refractivity contribution in [2.24, 2.45) is 0 Å². The third kappa shape index (κ3) is 3.61. The first-order chi connectivity index (χ1) is 8.35. The fourth-order valence-electron chi connectivity index (χ4n) is 1.87. The van der Waals surface area contributed by atoms with Crippen LogP contribution >= 0.6 is 0 Å². The van der Waals surface area contributed by atoms with Gasteiger partial charge in [-0.05, 0) is 45.4 Å². The number of aromatic hydroxyl groups is 2. The van der Waals surface area contributed by atoms with Crippen LogP contribution in [0.2, 0.25) is 0 Å². The van der Waals surface area contributed by atoms with Crippen LogP contribution in [0.3, 0.4) is 0 Å². The molecule has 4 nitrogen and oxygen atoms in total. The summed E-state index contributed by atoms with van der Waals surface area (Å²) in [5, 5.41) is 29.6. The monoisotopic (exact) mass is 266 g/mol. The quantitative estimate of drug-likeness (QED) is 0.735. The van der Waals surface area contributed by atoms with Crippen LogP contribution < -0.4 is 0 Å². The Labute approximate surface area is 115 Å². The molecule has 1 aromatic carbocycles. The van der Waals surface area contributed by atoms with Gasteiger partial charge >= 0.3 is 0 Å². The fraction of sp³-hybridized carbons (Fsp3) is 0.533. The zero-order valence-corrected chi connectivity index (χ0v) is 12.3. The van der Waals surface area contributed by atoms with E-state index in [2.05, 4.69) is 0 Å². The van der Waals surface area contributed by atoms with E-state index in [1.807, 2.05) is 27.8 Å². The van der Waals surface area contributed by atoms with E-state index >= 15 is 0 Å². The second-order valence-electron chi connectivity index (χ2n) is 6.61. The number of hydrogen-bond acceptors (Lipinski definition) is 3. The summed E-state index contributed by atoms with van der Waals surface area (Å²) >= 11 is 0. The zero-order chi connectivity index (χ0) is 15.1. The van der Waals surface area contributed by atoms with Crippen LogP contribution in [0.25, 0.3) is 0 Å². The van der Waals surface area contributed by atoms with E-state index in [0.717, 1.165) is 0 Å². The van der Waals surface area contributed by atoms with Crippen LogP contribution in [0.5, 0.6) is 11.5 Å². The summed E-state index contributed by atoms with van der Waals surface area (Å²) < 4.78 is 0.108. The smallest absolute Gasteiger partial charge is 0.207 e. The molecule has 0 fully saturated rings. The normalized spacial score (nSPS) is 16.2. The second kappa shape index (κ2) is 4.69. The van der Waals surface area contributed by atoms with Gasteiger partial charge in [-0.25, -0.2) is 0 Å². The van der Waals surface area contributed by atoms with E-state index < -0.39 is 5.60 Å². The number of phenolic OH excluding ortho intramolecular Hbond substituents is 2. The average Bonchev–Trinajstić information content (AvgIpc) is 2.12. The number of nitrogens with zero attached hydrogens (tertiary/aromatic N) is 1. The summed E-state index contributed by atoms with van der Waals surface area (Å²) in [6.45, 7) is 7.84. The predicted molar refractivity (Wildman–Crippen MR) is 74.4 cm³/mol. The highest BCUT2D eigenvalue weighted by atomic mass is 16.3. The summed E-state index contributed by atoms with van der Waals surface area (Å²) in [4.78, 5) is 0. The van der Waals surface area contributed by atoms with Crippen molar-refractivity contribution in [1.29, 1.82) is 0 Å². The molecule has 1 rings (SSSR count). The third-order valence-corrected chi connectivity index (χ3v) is 3.69. The predicted octanol–water partition coefficient (Wildman–Crippen LogP) is 2.22. The molecule has 0 amide bonds. The Morgan fingerprint density at radius 3 is 1.84 bits per heavy atom. The van der Waals surface area contributed by atoms with Crippen LogP contribution in [-0.4, -0.2) is 38.9 Å². The lowest BCUT2D eigenvalue weighted by Gasteiger charge is -2.44. The van der Waals surface area contributed by atoms with Gasteiger partial charge in [0, 0.05) is 6.07 Å². The molecule has 0 aromatic heterocycles. The minimum absolute atomic E-state index is 0.0859. The van der Waals surface area contributed by atoms with E-state index in [4.69, 9.17) is 7.05 Å². The molecule has 0 saturated carbocycles. The van der Waals surface area contributed by atoms with Gasteiger partial charge in [0.05, 0.1) is 12.6 Å². The standard InChI is InChI=1S/C15H24NO3/c1-14(2,3)16(5,6)10-15(4,19)11-7-12(17)9-13(18)8-11/h5,7-9,17-19H,10H2,1-4,6H3/q+1. The number of likely N-dealkylation sites (N-methyl/N-ethyl adjacent to an activating group) is 1. The molecule has 0 aliphatic rings. The molecule has 2 radical (unpaired) electrons. The number of phenols is 2. The van der Waals surface area contributed by atoms with E-state index in [1.54, 1.807) is 6.92 Å². The summed E-state index contributed by atoms with van der Waals surface area (Å²) in [7, 11) is 8.08. The Morgan fingerprint density at radius 2 is 1.47 bits per heavy atom. The highest BCUT2D eigenvalue weighted by molar-refractivity contribution is 5.39. The largest absolute Gasteiger partial charge is 0.508 e. The topological polar surface area (TPSA) is 60.7 Å². The minimum atomic E-state index is -1.26. The van der Waals surface area contributed by atoms with Crippen LogP contribution in [0, 0.1) is 7.05 Å².